The third-order valence-corrected chi connectivity index (χ3v) is 6.72. The average Bonchev–Trinajstić information content (AvgIpc) is 3.26. The molecule has 0 bridgehead atoms. The van der Waals surface area contributed by atoms with Gasteiger partial charge < -0.3 is 9.30 Å². The van der Waals surface area contributed by atoms with Gasteiger partial charge in [0.25, 0.3) is 0 Å². The highest BCUT2D eigenvalue weighted by Crippen LogP contribution is 2.44. The number of para-hydroxylation sites is 2. The molecule has 0 radical (unpaired) electrons. The van der Waals surface area contributed by atoms with E-state index in [0.29, 0.717) is 6.04 Å². The van der Waals surface area contributed by atoms with Gasteiger partial charge in [0.2, 0.25) is 0 Å². The number of aromatic nitrogens is 3. The van der Waals surface area contributed by atoms with Crippen molar-refractivity contribution in [3.63, 3.8) is 0 Å². The Balaban J connectivity index is 1.39. The van der Waals surface area contributed by atoms with Crippen molar-refractivity contribution in [3.05, 3.63) is 60.2 Å². The van der Waals surface area contributed by atoms with Gasteiger partial charge >= 0.3 is 0 Å². The molecule has 28 heavy (non-hydrogen) atoms. The van der Waals surface area contributed by atoms with Crippen LogP contribution in [0.3, 0.4) is 0 Å². The lowest BCUT2D eigenvalue weighted by Crippen LogP contribution is -2.37. The largest absolute Gasteiger partial charge is 0.379 e. The maximum atomic E-state index is 6.02. The molecule has 0 amide bonds. The molecule has 2 aromatic heterocycles. The number of fused-ring (bicyclic) bond motifs is 2. The van der Waals surface area contributed by atoms with Gasteiger partial charge in [0.1, 0.15) is 5.82 Å². The zero-order valence-corrected chi connectivity index (χ0v) is 16.7. The van der Waals surface area contributed by atoms with Gasteiger partial charge in [-0.1, -0.05) is 12.1 Å². The third-order valence-electron chi connectivity index (χ3n) is 6.72. The molecule has 0 spiro atoms. The minimum Gasteiger partial charge on any atom is -0.379 e. The zero-order chi connectivity index (χ0) is 19.1. The first kappa shape index (κ1) is 17.8. The zero-order valence-electron chi connectivity index (χ0n) is 16.7. The van der Waals surface area contributed by atoms with Gasteiger partial charge in [-0.3, -0.25) is 9.88 Å². The number of nitrogens with zero attached hydrogens (tertiary/aromatic N) is 4. The van der Waals surface area contributed by atoms with E-state index in [9.17, 15) is 0 Å². The van der Waals surface area contributed by atoms with Crippen molar-refractivity contribution in [1.82, 2.24) is 19.4 Å². The summed E-state index contributed by atoms with van der Waals surface area (Å²) < 4.78 is 8.45. The monoisotopic (exact) mass is 376 g/mol. The molecular weight excluding hydrogens is 348 g/mol. The van der Waals surface area contributed by atoms with Crippen LogP contribution in [-0.2, 0) is 11.3 Å². The first-order valence-electron chi connectivity index (χ1n) is 10.3. The van der Waals surface area contributed by atoms with Gasteiger partial charge in [-0.15, -0.1) is 0 Å². The minimum atomic E-state index is 0.249. The predicted octanol–water partition coefficient (Wildman–Crippen LogP) is 3.84. The van der Waals surface area contributed by atoms with Crippen molar-refractivity contribution in [1.29, 1.82) is 0 Å². The van der Waals surface area contributed by atoms with E-state index in [0.717, 1.165) is 42.6 Å². The normalized spacial score (nSPS) is 27.9. The van der Waals surface area contributed by atoms with Crippen molar-refractivity contribution in [2.45, 2.75) is 38.5 Å². The van der Waals surface area contributed by atoms with Crippen molar-refractivity contribution in [2.75, 3.05) is 20.2 Å². The van der Waals surface area contributed by atoms with Crippen molar-refractivity contribution in [2.24, 2.45) is 11.8 Å². The summed E-state index contributed by atoms with van der Waals surface area (Å²) >= 11 is 0. The van der Waals surface area contributed by atoms with Crippen LogP contribution in [-0.4, -0.2) is 45.7 Å². The fourth-order valence-corrected chi connectivity index (χ4v) is 5.47. The first-order chi connectivity index (χ1) is 13.7. The molecule has 0 N–H and O–H groups in total. The highest BCUT2D eigenvalue weighted by atomic mass is 16.5. The average molecular weight is 377 g/mol. The van der Waals surface area contributed by atoms with E-state index in [-0.39, 0.29) is 6.10 Å². The number of methoxy groups -OCH3 is 1. The summed E-state index contributed by atoms with van der Waals surface area (Å²) in [6.07, 6.45) is 6.32. The van der Waals surface area contributed by atoms with E-state index < -0.39 is 0 Å². The molecule has 2 fully saturated rings. The smallest absolute Gasteiger partial charge is 0.107 e. The SMILES string of the molecule is CO[C@H]1C[C@@H]2CN(Cc3ccncc3)C[C@@H]2C[C@@H]1n1c(C)nc2ccccc21. The Bertz CT molecular complexity index is 954. The Hall–Kier alpha value is -2.24. The Morgan fingerprint density at radius 1 is 1.04 bits per heavy atom. The molecule has 0 unspecified atom stereocenters. The number of imidazole rings is 1. The van der Waals surface area contributed by atoms with Gasteiger partial charge in [-0.05, 0) is 61.4 Å². The van der Waals surface area contributed by atoms with Crippen LogP contribution in [0.5, 0.6) is 0 Å². The van der Waals surface area contributed by atoms with Crippen LogP contribution in [0.1, 0.15) is 30.3 Å². The highest BCUT2D eigenvalue weighted by molar-refractivity contribution is 5.76. The molecule has 1 aliphatic carbocycles. The number of aryl methyl sites for hydroxylation is 1. The van der Waals surface area contributed by atoms with Crippen LogP contribution in [0.2, 0.25) is 0 Å². The lowest BCUT2D eigenvalue weighted by molar-refractivity contribution is -0.0000726. The summed E-state index contributed by atoms with van der Waals surface area (Å²) in [6.45, 7) is 5.49. The van der Waals surface area contributed by atoms with Crippen LogP contribution in [0, 0.1) is 18.8 Å². The third kappa shape index (κ3) is 3.12. The molecule has 1 aromatic carbocycles. The van der Waals surface area contributed by atoms with Crippen LogP contribution >= 0.6 is 0 Å². The molecule has 146 valence electrons. The van der Waals surface area contributed by atoms with Gasteiger partial charge in [0.15, 0.2) is 0 Å². The highest BCUT2D eigenvalue weighted by Gasteiger charge is 2.43. The first-order valence-corrected chi connectivity index (χ1v) is 10.3. The van der Waals surface area contributed by atoms with E-state index in [1.807, 2.05) is 19.5 Å². The van der Waals surface area contributed by atoms with E-state index in [1.54, 1.807) is 0 Å². The van der Waals surface area contributed by atoms with E-state index in [2.05, 4.69) is 57.8 Å². The van der Waals surface area contributed by atoms with E-state index in [4.69, 9.17) is 9.72 Å². The summed E-state index contributed by atoms with van der Waals surface area (Å²) in [5, 5.41) is 0. The number of rotatable bonds is 4. The molecular formula is C23H28N4O. The summed E-state index contributed by atoms with van der Waals surface area (Å²) in [5.41, 5.74) is 3.67. The maximum Gasteiger partial charge on any atom is 0.107 e. The van der Waals surface area contributed by atoms with Crippen molar-refractivity contribution < 1.29 is 4.74 Å². The van der Waals surface area contributed by atoms with Gasteiger partial charge in [-0.2, -0.15) is 0 Å². The second-order valence-corrected chi connectivity index (χ2v) is 8.40. The quantitative estimate of drug-likeness (QED) is 0.694. The summed E-state index contributed by atoms with van der Waals surface area (Å²) in [6, 6.07) is 13.1. The lowest BCUT2D eigenvalue weighted by Gasteiger charge is -2.38. The van der Waals surface area contributed by atoms with Crippen LogP contribution in [0.25, 0.3) is 11.0 Å². The second-order valence-electron chi connectivity index (χ2n) is 8.40. The molecule has 5 nitrogen and oxygen atoms in total. The van der Waals surface area contributed by atoms with Crippen LogP contribution < -0.4 is 0 Å². The standard InChI is InChI=1S/C23H28N4O/c1-16-25-20-5-3-4-6-21(20)27(16)22-11-18-14-26(13-17-7-9-24-10-8-17)15-19(18)12-23(22)28-2/h3-10,18-19,22-23H,11-15H2,1-2H3/t18-,19+,22-,23-/m0/s1. The lowest BCUT2D eigenvalue weighted by atomic mass is 9.77. The van der Waals surface area contributed by atoms with E-state index in [1.165, 1.54) is 24.2 Å². The number of likely N-dealkylation sites (tertiary alicyclic amines) is 1. The van der Waals surface area contributed by atoms with Gasteiger partial charge in [0.05, 0.1) is 23.2 Å². The van der Waals surface area contributed by atoms with Crippen molar-refractivity contribution in [3.8, 4) is 0 Å². The predicted molar refractivity (Wildman–Crippen MR) is 110 cm³/mol. The Morgan fingerprint density at radius 3 is 2.57 bits per heavy atom. The number of pyridine rings is 1. The maximum absolute atomic E-state index is 6.02. The second kappa shape index (κ2) is 7.30. The summed E-state index contributed by atoms with van der Waals surface area (Å²) in [7, 11) is 1.87. The Morgan fingerprint density at radius 2 is 1.79 bits per heavy atom. The Kier molecular flexibility index (Phi) is 4.65. The number of hydrogen-bond acceptors (Lipinski definition) is 4. The number of ether oxygens (including phenoxy) is 1. The number of hydrogen-bond donors (Lipinski definition) is 0. The molecule has 3 aromatic rings. The van der Waals surface area contributed by atoms with Gasteiger partial charge in [0, 0.05) is 39.1 Å². The van der Waals surface area contributed by atoms with Crippen molar-refractivity contribution >= 4 is 11.0 Å². The van der Waals surface area contributed by atoms with Gasteiger partial charge in [-0.25, -0.2) is 4.98 Å². The molecule has 4 atom stereocenters. The van der Waals surface area contributed by atoms with E-state index >= 15 is 0 Å². The molecule has 5 rings (SSSR count). The minimum absolute atomic E-state index is 0.249. The Labute approximate surface area is 166 Å². The fraction of sp³-hybridized carbons (Fsp3) is 0.478. The fourth-order valence-electron chi connectivity index (χ4n) is 5.47. The molecule has 1 saturated heterocycles. The van der Waals surface area contributed by atoms with Crippen LogP contribution in [0.4, 0.5) is 0 Å². The molecule has 1 saturated carbocycles. The topological polar surface area (TPSA) is 43.2 Å². The molecule has 5 heteroatoms. The summed E-state index contributed by atoms with van der Waals surface area (Å²) in [4.78, 5) is 11.6. The summed E-state index contributed by atoms with van der Waals surface area (Å²) in [5.74, 6) is 2.54. The van der Waals surface area contributed by atoms with Crippen LogP contribution in [0.15, 0.2) is 48.8 Å². The molecule has 2 aliphatic rings. The molecule has 3 heterocycles. The number of benzene rings is 1. The molecule has 1 aliphatic heterocycles.